The highest BCUT2D eigenvalue weighted by Gasteiger charge is 2.75. The Balaban J connectivity index is 1.26. The molecule has 0 unspecified atom stereocenters. The fourth-order valence-electron chi connectivity index (χ4n) is 6.53. The summed E-state index contributed by atoms with van der Waals surface area (Å²) in [6.45, 7) is 4.66. The lowest BCUT2D eigenvalue weighted by Crippen LogP contribution is -2.50. The number of nitriles is 1. The van der Waals surface area contributed by atoms with Crippen LogP contribution < -0.4 is 4.90 Å². The van der Waals surface area contributed by atoms with E-state index < -0.39 is 5.60 Å². The van der Waals surface area contributed by atoms with Crippen molar-refractivity contribution in [3.63, 3.8) is 0 Å². The van der Waals surface area contributed by atoms with Crippen molar-refractivity contribution in [1.29, 1.82) is 5.26 Å². The Hall–Kier alpha value is -2.98. The molecule has 0 amide bonds. The molecular formula is C25H26N6O. The maximum Gasteiger partial charge on any atom is 0.159 e. The van der Waals surface area contributed by atoms with Crippen LogP contribution in [0.1, 0.15) is 51.5 Å². The van der Waals surface area contributed by atoms with E-state index in [1.54, 1.807) is 6.33 Å². The lowest BCUT2D eigenvalue weighted by atomic mass is 9.61. The SMILES string of the molecule is CC(C)(O)C12CC(C1)N(c1cc(-n3ncc4ccc([C@]5(C#N)CC56CC6)cc43)ncn1)C2. The maximum atomic E-state index is 10.7. The fraction of sp³-hybridized carbons (Fsp3) is 0.520. The van der Waals surface area contributed by atoms with E-state index in [1.807, 2.05) is 30.8 Å². The molecule has 2 bridgehead atoms. The molecule has 5 fully saturated rings. The van der Waals surface area contributed by atoms with Crippen LogP contribution in [-0.4, -0.2) is 43.0 Å². The Morgan fingerprint density at radius 2 is 1.94 bits per heavy atom. The fourth-order valence-corrected chi connectivity index (χ4v) is 6.53. The largest absolute Gasteiger partial charge is 0.390 e. The van der Waals surface area contributed by atoms with Crippen molar-refractivity contribution >= 4 is 16.7 Å². The Kier molecular flexibility index (Phi) is 3.19. The Labute approximate surface area is 186 Å². The highest BCUT2D eigenvalue weighted by Crippen LogP contribution is 2.78. The zero-order valence-electron chi connectivity index (χ0n) is 18.4. The minimum absolute atomic E-state index is 0.0509. The topological polar surface area (TPSA) is 90.9 Å². The van der Waals surface area contributed by atoms with Crippen molar-refractivity contribution in [2.75, 3.05) is 11.4 Å². The normalized spacial score (nSPS) is 31.6. The van der Waals surface area contributed by atoms with E-state index in [1.165, 1.54) is 0 Å². The molecule has 32 heavy (non-hydrogen) atoms. The van der Waals surface area contributed by atoms with Gasteiger partial charge in [0, 0.05) is 29.5 Å². The first kappa shape index (κ1) is 18.6. The predicted molar refractivity (Wildman–Crippen MR) is 119 cm³/mol. The van der Waals surface area contributed by atoms with E-state index in [9.17, 15) is 10.4 Å². The third-order valence-electron chi connectivity index (χ3n) is 9.11. The van der Waals surface area contributed by atoms with E-state index in [0.29, 0.717) is 6.04 Å². The molecule has 8 rings (SSSR count). The van der Waals surface area contributed by atoms with Crippen LogP contribution in [0.3, 0.4) is 0 Å². The van der Waals surface area contributed by atoms with Crippen LogP contribution in [0.2, 0.25) is 0 Å². The molecule has 162 valence electrons. The second kappa shape index (κ2) is 5.49. The molecule has 1 N–H and O–H groups in total. The third-order valence-corrected chi connectivity index (χ3v) is 9.11. The zero-order chi connectivity index (χ0) is 21.9. The van der Waals surface area contributed by atoms with Gasteiger partial charge in [0.05, 0.1) is 28.8 Å². The number of fused-ring (bicyclic) bond motifs is 2. The van der Waals surface area contributed by atoms with E-state index >= 15 is 0 Å². The summed E-state index contributed by atoms with van der Waals surface area (Å²) in [6, 6.07) is 11.4. The van der Waals surface area contributed by atoms with Gasteiger partial charge in [0.2, 0.25) is 0 Å². The maximum absolute atomic E-state index is 10.7. The van der Waals surface area contributed by atoms with Crippen molar-refractivity contribution in [2.45, 2.75) is 63.0 Å². The summed E-state index contributed by atoms with van der Waals surface area (Å²) in [5.41, 5.74) is 1.24. The lowest BCUT2D eigenvalue weighted by Gasteiger charge is -2.45. The van der Waals surface area contributed by atoms with E-state index in [-0.39, 0.29) is 16.2 Å². The van der Waals surface area contributed by atoms with Gasteiger partial charge >= 0.3 is 0 Å². The first-order chi connectivity index (χ1) is 15.3. The number of anilines is 1. The van der Waals surface area contributed by atoms with Crippen LogP contribution in [0.15, 0.2) is 36.8 Å². The number of hydrogen-bond acceptors (Lipinski definition) is 6. The van der Waals surface area contributed by atoms with Gasteiger partial charge in [-0.05, 0) is 63.0 Å². The van der Waals surface area contributed by atoms with Gasteiger partial charge in [-0.25, -0.2) is 14.6 Å². The molecule has 1 atom stereocenters. The molecule has 3 aromatic rings. The van der Waals surface area contributed by atoms with E-state index in [4.69, 9.17) is 0 Å². The Morgan fingerprint density at radius 3 is 2.59 bits per heavy atom. The van der Waals surface area contributed by atoms with Crippen LogP contribution in [-0.2, 0) is 5.41 Å². The molecule has 1 aromatic carbocycles. The quantitative estimate of drug-likeness (QED) is 0.687. The summed E-state index contributed by atoms with van der Waals surface area (Å²) in [6.07, 6.45) is 8.77. The van der Waals surface area contributed by atoms with Crippen LogP contribution in [0, 0.1) is 22.2 Å². The van der Waals surface area contributed by atoms with Gasteiger partial charge in [0.15, 0.2) is 5.82 Å². The summed E-state index contributed by atoms with van der Waals surface area (Å²) >= 11 is 0. The lowest BCUT2D eigenvalue weighted by molar-refractivity contribution is -0.0754. The average molecular weight is 427 g/mol. The minimum atomic E-state index is -0.693. The highest BCUT2D eigenvalue weighted by atomic mass is 16.3. The van der Waals surface area contributed by atoms with Crippen molar-refractivity contribution in [3.8, 4) is 11.9 Å². The van der Waals surface area contributed by atoms with Gasteiger partial charge < -0.3 is 10.0 Å². The summed E-state index contributed by atoms with van der Waals surface area (Å²) in [7, 11) is 0. The molecule has 5 aliphatic rings. The van der Waals surface area contributed by atoms with Crippen LogP contribution >= 0.6 is 0 Å². The molecule has 3 aliphatic carbocycles. The second-order valence-electron chi connectivity index (χ2n) is 11.1. The Morgan fingerprint density at radius 1 is 1.16 bits per heavy atom. The van der Waals surface area contributed by atoms with Crippen LogP contribution in [0.5, 0.6) is 0 Å². The molecule has 0 radical (unpaired) electrons. The van der Waals surface area contributed by atoms with Gasteiger partial charge in [-0.1, -0.05) is 12.1 Å². The Bertz CT molecular complexity index is 1320. The third kappa shape index (κ3) is 2.16. The average Bonchev–Trinajstić information content (AvgIpc) is 3.44. The van der Waals surface area contributed by atoms with E-state index in [2.05, 4.69) is 44.2 Å². The van der Waals surface area contributed by atoms with Crippen LogP contribution in [0.4, 0.5) is 5.82 Å². The molecular weight excluding hydrogens is 400 g/mol. The molecule has 4 heterocycles. The zero-order valence-corrected chi connectivity index (χ0v) is 18.4. The first-order valence-electron chi connectivity index (χ1n) is 11.5. The van der Waals surface area contributed by atoms with Gasteiger partial charge in [-0.3, -0.25) is 0 Å². The van der Waals surface area contributed by atoms with Crippen molar-refractivity contribution in [1.82, 2.24) is 19.7 Å². The predicted octanol–water partition coefficient (Wildman–Crippen LogP) is 3.50. The molecule has 3 saturated carbocycles. The molecule has 2 saturated heterocycles. The van der Waals surface area contributed by atoms with Crippen molar-refractivity contribution in [2.24, 2.45) is 10.8 Å². The smallest absolute Gasteiger partial charge is 0.159 e. The van der Waals surface area contributed by atoms with E-state index in [0.717, 1.165) is 66.8 Å². The number of rotatable bonds is 4. The number of aromatic nitrogens is 4. The number of benzene rings is 1. The monoisotopic (exact) mass is 426 g/mol. The summed E-state index contributed by atoms with van der Waals surface area (Å²) in [5.74, 6) is 1.61. The number of hydrogen-bond donors (Lipinski definition) is 1. The molecule has 2 aliphatic heterocycles. The standard InChI is InChI=1S/C25H26N6O/c1-22(2,32)24-9-18(10-24)30(14-24)20-8-21(28-15-27-20)31-19-7-17(4-3-16(19)11-29-31)25(13-26)12-23(25)5-6-23/h3-4,7-8,11,15,18,32H,5-6,9-10,12,14H2,1-2H3/t18?,24?,25-/m1/s1. The summed E-state index contributed by atoms with van der Waals surface area (Å²) < 4.78 is 1.86. The molecule has 2 aromatic heterocycles. The summed E-state index contributed by atoms with van der Waals surface area (Å²) in [5, 5.41) is 26.3. The van der Waals surface area contributed by atoms with Gasteiger partial charge in [-0.2, -0.15) is 10.4 Å². The summed E-state index contributed by atoms with van der Waals surface area (Å²) in [4.78, 5) is 11.4. The van der Waals surface area contributed by atoms with Crippen molar-refractivity contribution in [3.05, 3.63) is 42.4 Å². The number of aliphatic hydroxyl groups is 1. The first-order valence-corrected chi connectivity index (χ1v) is 11.5. The van der Waals surface area contributed by atoms with Gasteiger partial charge in [0.25, 0.3) is 0 Å². The number of nitrogens with zero attached hydrogens (tertiary/aromatic N) is 6. The van der Waals surface area contributed by atoms with Gasteiger partial charge in [0.1, 0.15) is 12.1 Å². The van der Waals surface area contributed by atoms with Crippen LogP contribution in [0.25, 0.3) is 16.7 Å². The molecule has 7 heteroatoms. The van der Waals surface area contributed by atoms with Crippen molar-refractivity contribution < 1.29 is 5.11 Å². The highest BCUT2D eigenvalue weighted by molar-refractivity contribution is 5.82. The molecule has 1 spiro atoms. The van der Waals surface area contributed by atoms with Gasteiger partial charge in [-0.15, -0.1) is 0 Å². The second-order valence-corrected chi connectivity index (χ2v) is 11.1. The minimum Gasteiger partial charge on any atom is -0.390 e. The molecule has 7 nitrogen and oxygen atoms in total.